The van der Waals surface area contributed by atoms with Crippen LogP contribution in [0.15, 0.2) is 74.6 Å². The second kappa shape index (κ2) is 9.93. The van der Waals surface area contributed by atoms with Gasteiger partial charge < -0.3 is 0 Å². The van der Waals surface area contributed by atoms with Gasteiger partial charge in [0.25, 0.3) is 0 Å². The van der Waals surface area contributed by atoms with Crippen LogP contribution in [0, 0.1) is 0 Å². The van der Waals surface area contributed by atoms with Crippen LogP contribution in [0.5, 0.6) is 0 Å². The Morgan fingerprint density at radius 1 is 0.676 bits per heavy atom. The molecule has 1 atom stereocenters. The largest absolute Gasteiger partial charge is 0.240 e. The first kappa shape index (κ1) is 24.1. The molecule has 0 aliphatic carbocycles. The zero-order valence-electron chi connectivity index (χ0n) is 18.8. The fourth-order valence-corrected chi connectivity index (χ4v) is 3.92. The van der Waals surface area contributed by atoms with E-state index in [2.05, 4.69) is 20.0 Å². The standard InChI is InChI=1S/C26H20N4O4/c1-25(2,29-16-33)19-7-9-20(10-8-19)26(3,30-17-34)13-18-11-22-21(24(12-18)28-15-32)5-4-6-23(22)27-14-31/h4-12H,13H2,1-3H3. The predicted molar refractivity (Wildman–Crippen MR) is 126 cm³/mol. The van der Waals surface area contributed by atoms with Crippen LogP contribution in [-0.2, 0) is 36.7 Å². The van der Waals surface area contributed by atoms with Crippen LogP contribution in [-0.4, -0.2) is 24.3 Å². The maximum Gasteiger partial charge on any atom is 0.240 e. The summed E-state index contributed by atoms with van der Waals surface area (Å²) in [6, 6.07) is 15.9. The van der Waals surface area contributed by atoms with Crippen molar-refractivity contribution in [3.63, 3.8) is 0 Å². The van der Waals surface area contributed by atoms with Gasteiger partial charge in [0.15, 0.2) is 0 Å². The van der Waals surface area contributed by atoms with Crippen molar-refractivity contribution in [1.29, 1.82) is 0 Å². The van der Waals surface area contributed by atoms with E-state index in [1.165, 1.54) is 6.08 Å². The third-order valence-electron chi connectivity index (χ3n) is 5.72. The van der Waals surface area contributed by atoms with Crippen LogP contribution < -0.4 is 0 Å². The number of hydrogen-bond acceptors (Lipinski definition) is 8. The van der Waals surface area contributed by atoms with Gasteiger partial charge in [-0.3, -0.25) is 0 Å². The predicted octanol–water partition coefficient (Wildman–Crippen LogP) is 5.14. The summed E-state index contributed by atoms with van der Waals surface area (Å²) in [5.74, 6) is 0. The second-order valence-corrected chi connectivity index (χ2v) is 8.39. The van der Waals surface area contributed by atoms with E-state index in [0.717, 1.165) is 11.1 Å². The Kier molecular flexibility index (Phi) is 7.04. The molecule has 168 valence electrons. The summed E-state index contributed by atoms with van der Waals surface area (Å²) < 4.78 is 0. The lowest BCUT2D eigenvalue weighted by molar-refractivity contribution is 0.480. The number of nitrogens with zero attached hydrogens (tertiary/aromatic N) is 4. The highest BCUT2D eigenvalue weighted by Gasteiger charge is 2.28. The molecule has 0 radical (unpaired) electrons. The first-order chi connectivity index (χ1) is 16.3. The van der Waals surface area contributed by atoms with E-state index in [9.17, 15) is 19.2 Å². The number of fused-ring (bicyclic) bond motifs is 1. The summed E-state index contributed by atoms with van der Waals surface area (Å²) in [6.45, 7) is 5.36. The Balaban J connectivity index is 2.14. The van der Waals surface area contributed by atoms with Gasteiger partial charge in [0.2, 0.25) is 24.3 Å². The lowest BCUT2D eigenvalue weighted by Crippen LogP contribution is -2.23. The molecule has 0 heterocycles. The van der Waals surface area contributed by atoms with E-state index >= 15 is 0 Å². The quantitative estimate of drug-likeness (QED) is 0.347. The number of isocyanates is 4. The van der Waals surface area contributed by atoms with Gasteiger partial charge in [-0.1, -0.05) is 36.4 Å². The summed E-state index contributed by atoms with van der Waals surface area (Å²) >= 11 is 0. The van der Waals surface area contributed by atoms with Crippen molar-refractivity contribution in [2.45, 2.75) is 38.3 Å². The van der Waals surface area contributed by atoms with Crippen molar-refractivity contribution in [3.05, 3.63) is 71.3 Å². The summed E-state index contributed by atoms with van der Waals surface area (Å²) in [5.41, 5.74) is 1.20. The van der Waals surface area contributed by atoms with Crippen molar-refractivity contribution < 1.29 is 19.2 Å². The molecule has 0 bridgehead atoms. The molecular weight excluding hydrogens is 432 g/mol. The molecule has 1 unspecified atom stereocenters. The molecule has 0 aromatic heterocycles. The van der Waals surface area contributed by atoms with Crippen molar-refractivity contribution in [1.82, 2.24) is 0 Å². The minimum absolute atomic E-state index is 0.258. The number of hydrogen-bond donors (Lipinski definition) is 0. The Bertz CT molecular complexity index is 1440. The first-order valence-electron chi connectivity index (χ1n) is 10.3. The van der Waals surface area contributed by atoms with Crippen LogP contribution in [0.4, 0.5) is 11.4 Å². The average molecular weight is 452 g/mol. The first-order valence-corrected chi connectivity index (χ1v) is 10.3. The molecule has 0 aliphatic heterocycles. The molecule has 0 saturated carbocycles. The fourth-order valence-electron chi connectivity index (χ4n) is 3.92. The Morgan fingerprint density at radius 3 is 1.91 bits per heavy atom. The number of benzene rings is 3. The number of rotatable bonds is 8. The summed E-state index contributed by atoms with van der Waals surface area (Å²) in [7, 11) is 0. The van der Waals surface area contributed by atoms with Gasteiger partial charge in [0.1, 0.15) is 0 Å². The molecule has 0 amide bonds. The maximum absolute atomic E-state index is 11.3. The Labute approximate surface area is 195 Å². The van der Waals surface area contributed by atoms with Crippen molar-refractivity contribution >= 4 is 46.5 Å². The molecule has 8 heteroatoms. The van der Waals surface area contributed by atoms with E-state index < -0.39 is 11.1 Å². The minimum atomic E-state index is -1.00. The van der Waals surface area contributed by atoms with Gasteiger partial charge in [-0.05, 0) is 55.7 Å². The van der Waals surface area contributed by atoms with E-state index in [1.54, 1.807) is 63.3 Å². The minimum Gasteiger partial charge on any atom is -0.211 e. The molecule has 3 rings (SSSR count). The Morgan fingerprint density at radius 2 is 1.29 bits per heavy atom. The van der Waals surface area contributed by atoms with E-state index in [-0.39, 0.29) is 6.42 Å². The highest BCUT2D eigenvalue weighted by atomic mass is 16.1. The van der Waals surface area contributed by atoms with Gasteiger partial charge >= 0.3 is 0 Å². The van der Waals surface area contributed by atoms with Crippen LogP contribution >= 0.6 is 0 Å². The second-order valence-electron chi connectivity index (χ2n) is 8.39. The third-order valence-corrected chi connectivity index (χ3v) is 5.72. The molecule has 0 fully saturated rings. The summed E-state index contributed by atoms with van der Waals surface area (Å²) in [5, 5.41) is 1.21. The van der Waals surface area contributed by atoms with E-state index in [1.807, 2.05) is 30.3 Å². The monoisotopic (exact) mass is 452 g/mol. The van der Waals surface area contributed by atoms with Gasteiger partial charge in [-0.2, -0.15) is 20.0 Å². The molecule has 8 nitrogen and oxygen atoms in total. The molecule has 0 spiro atoms. The van der Waals surface area contributed by atoms with Crippen molar-refractivity contribution in [3.8, 4) is 0 Å². The highest BCUT2D eigenvalue weighted by Crippen LogP contribution is 2.37. The summed E-state index contributed by atoms with van der Waals surface area (Å²) in [6.07, 6.45) is 6.58. The third kappa shape index (κ3) is 4.92. The topological polar surface area (TPSA) is 118 Å². The van der Waals surface area contributed by atoms with Crippen LogP contribution in [0.1, 0.15) is 37.5 Å². The molecule has 0 aliphatic rings. The highest BCUT2D eigenvalue weighted by molar-refractivity contribution is 6.01. The van der Waals surface area contributed by atoms with Crippen molar-refractivity contribution in [2.24, 2.45) is 20.0 Å². The average Bonchev–Trinajstić information content (AvgIpc) is 2.80. The van der Waals surface area contributed by atoms with E-state index in [4.69, 9.17) is 0 Å². The number of carbonyl (C=O) groups excluding carboxylic acids is 4. The van der Waals surface area contributed by atoms with Gasteiger partial charge in [0, 0.05) is 17.2 Å². The maximum atomic E-state index is 11.3. The van der Waals surface area contributed by atoms with Gasteiger partial charge in [-0.25, -0.2) is 19.2 Å². The molecule has 3 aromatic rings. The summed E-state index contributed by atoms with van der Waals surface area (Å²) in [4.78, 5) is 59.5. The molecule has 0 saturated heterocycles. The Hall–Kier alpha value is -4.56. The van der Waals surface area contributed by atoms with Gasteiger partial charge in [0.05, 0.1) is 22.5 Å². The van der Waals surface area contributed by atoms with Gasteiger partial charge in [-0.15, -0.1) is 0 Å². The number of aliphatic imine (C=N–C) groups is 4. The SMILES string of the molecule is CC(C)(N=C=O)c1ccc(C(C)(Cc2cc(N=C=O)c3cccc(N=C=O)c3c2)N=C=O)cc1. The molecular formula is C26H20N4O4. The zero-order valence-corrected chi connectivity index (χ0v) is 18.8. The molecule has 0 N–H and O–H groups in total. The van der Waals surface area contributed by atoms with Crippen LogP contribution in [0.2, 0.25) is 0 Å². The smallest absolute Gasteiger partial charge is 0.211 e. The lowest BCUT2D eigenvalue weighted by Gasteiger charge is -2.26. The van der Waals surface area contributed by atoms with E-state index in [0.29, 0.717) is 27.7 Å². The fraction of sp³-hybridized carbons (Fsp3) is 0.231. The lowest BCUT2D eigenvalue weighted by atomic mass is 9.83. The normalized spacial score (nSPS) is 12.3. The molecule has 34 heavy (non-hydrogen) atoms. The van der Waals surface area contributed by atoms with Crippen LogP contribution in [0.3, 0.4) is 0 Å². The zero-order chi connectivity index (χ0) is 24.8. The van der Waals surface area contributed by atoms with Crippen molar-refractivity contribution in [2.75, 3.05) is 0 Å². The van der Waals surface area contributed by atoms with Crippen LogP contribution in [0.25, 0.3) is 10.8 Å². The molecule has 3 aromatic carbocycles.